The van der Waals surface area contributed by atoms with Gasteiger partial charge in [0.05, 0.1) is 19.3 Å². The van der Waals surface area contributed by atoms with Crippen LogP contribution in [0.2, 0.25) is 0 Å². The minimum atomic E-state index is -0.270. The van der Waals surface area contributed by atoms with Gasteiger partial charge in [0.25, 0.3) is 0 Å². The Morgan fingerprint density at radius 3 is 2.54 bits per heavy atom. The molecule has 0 aliphatic carbocycles. The van der Waals surface area contributed by atoms with Gasteiger partial charge in [-0.15, -0.1) is 0 Å². The van der Waals surface area contributed by atoms with E-state index in [1.807, 2.05) is 50.1 Å². The number of ether oxygens (including phenoxy) is 2. The first-order valence-corrected chi connectivity index (χ1v) is 8.01. The van der Waals surface area contributed by atoms with E-state index in [-0.39, 0.29) is 18.3 Å². The van der Waals surface area contributed by atoms with E-state index in [4.69, 9.17) is 4.74 Å². The van der Waals surface area contributed by atoms with E-state index in [9.17, 15) is 9.59 Å². The van der Waals surface area contributed by atoms with Crippen LogP contribution in [-0.2, 0) is 9.53 Å². The summed E-state index contributed by atoms with van der Waals surface area (Å²) in [6.45, 7) is 6.83. The smallest absolute Gasteiger partial charge is 0.319 e. The molecule has 1 aromatic carbocycles. The van der Waals surface area contributed by atoms with Gasteiger partial charge >= 0.3 is 5.97 Å². The van der Waals surface area contributed by atoms with Crippen LogP contribution in [0.15, 0.2) is 24.3 Å². The molecule has 1 N–H and O–H groups in total. The first kappa shape index (κ1) is 19.7. The second-order valence-corrected chi connectivity index (χ2v) is 5.15. The quantitative estimate of drug-likeness (QED) is 0.623. The van der Waals surface area contributed by atoms with Crippen molar-refractivity contribution in [3.8, 4) is 5.75 Å². The average molecular weight is 334 g/mol. The molecule has 132 valence electrons. The van der Waals surface area contributed by atoms with Crippen LogP contribution in [0, 0.1) is 0 Å². The molecule has 0 saturated heterocycles. The number of carbonyl (C=O) groups excluding carboxylic acids is 2. The second-order valence-electron chi connectivity index (χ2n) is 5.15. The number of carbonyl (C=O) groups is 2. The highest BCUT2D eigenvalue weighted by molar-refractivity contribution is 5.98. The summed E-state index contributed by atoms with van der Waals surface area (Å²) >= 11 is 0. The number of aromatic nitrogens is 1. The molecule has 0 aliphatic rings. The van der Waals surface area contributed by atoms with Gasteiger partial charge in [-0.05, 0) is 31.3 Å². The lowest BCUT2D eigenvalue weighted by molar-refractivity contribution is -0.141. The molecule has 0 amide bonds. The van der Waals surface area contributed by atoms with E-state index in [1.54, 1.807) is 0 Å². The number of ketones is 1. The standard InChI is InChI=1S/C16H20N2O4.C2H6/c1-11(19)15-9-12-8-13(4-5-14(12)17-15)22-7-6-18(2)10-16(20)21-3;1-2/h4-5,8-9,17H,6-7,10H2,1-3H3;1-2H3. The lowest BCUT2D eigenvalue weighted by atomic mass is 10.2. The van der Waals surface area contributed by atoms with Crippen molar-refractivity contribution in [1.82, 2.24) is 9.88 Å². The van der Waals surface area contributed by atoms with Gasteiger partial charge in [-0.1, -0.05) is 13.8 Å². The fraction of sp³-hybridized carbons (Fsp3) is 0.444. The van der Waals surface area contributed by atoms with Crippen LogP contribution in [-0.4, -0.2) is 55.5 Å². The molecule has 0 saturated carbocycles. The Morgan fingerprint density at radius 2 is 1.92 bits per heavy atom. The van der Waals surface area contributed by atoms with E-state index < -0.39 is 0 Å². The first-order valence-electron chi connectivity index (χ1n) is 8.01. The number of likely N-dealkylation sites (N-methyl/N-ethyl adjacent to an activating group) is 1. The van der Waals surface area contributed by atoms with E-state index in [2.05, 4.69) is 9.72 Å². The minimum Gasteiger partial charge on any atom is -0.492 e. The van der Waals surface area contributed by atoms with Gasteiger partial charge in [-0.3, -0.25) is 14.5 Å². The fourth-order valence-electron chi connectivity index (χ4n) is 2.07. The van der Waals surface area contributed by atoms with Crippen LogP contribution < -0.4 is 4.74 Å². The van der Waals surface area contributed by atoms with Crippen molar-refractivity contribution in [2.45, 2.75) is 20.8 Å². The molecule has 0 radical (unpaired) electrons. The zero-order valence-electron chi connectivity index (χ0n) is 15.0. The average Bonchev–Trinajstić information content (AvgIpc) is 3.00. The third-order valence-electron chi connectivity index (χ3n) is 3.34. The maximum absolute atomic E-state index is 11.4. The number of fused-ring (bicyclic) bond motifs is 1. The van der Waals surface area contributed by atoms with Crippen LogP contribution in [0.4, 0.5) is 0 Å². The van der Waals surface area contributed by atoms with E-state index >= 15 is 0 Å². The monoisotopic (exact) mass is 334 g/mol. The summed E-state index contributed by atoms with van der Waals surface area (Å²) in [7, 11) is 3.20. The number of Topliss-reactive ketones (excluding diaryl/α,β-unsaturated/α-hetero) is 1. The van der Waals surface area contributed by atoms with Crippen LogP contribution in [0.1, 0.15) is 31.3 Å². The number of rotatable bonds is 7. The maximum atomic E-state index is 11.4. The Balaban J connectivity index is 0.00000139. The van der Waals surface area contributed by atoms with Gasteiger partial charge in [0.15, 0.2) is 5.78 Å². The van der Waals surface area contributed by atoms with Gasteiger partial charge in [-0.2, -0.15) is 0 Å². The summed E-state index contributed by atoms with van der Waals surface area (Å²) in [5, 5.41) is 0.936. The van der Waals surface area contributed by atoms with Gasteiger partial charge in [0.1, 0.15) is 12.4 Å². The molecule has 0 fully saturated rings. The van der Waals surface area contributed by atoms with Gasteiger partial charge < -0.3 is 14.5 Å². The minimum absolute atomic E-state index is 0.00287. The summed E-state index contributed by atoms with van der Waals surface area (Å²) in [5.41, 5.74) is 1.49. The molecule has 6 heteroatoms. The molecule has 1 aromatic heterocycles. The number of nitrogens with zero attached hydrogens (tertiary/aromatic N) is 1. The molecular formula is C18H26N2O4. The lowest BCUT2D eigenvalue weighted by Gasteiger charge is -2.15. The van der Waals surface area contributed by atoms with Gasteiger partial charge in [0.2, 0.25) is 0 Å². The van der Waals surface area contributed by atoms with Crippen LogP contribution >= 0.6 is 0 Å². The van der Waals surface area contributed by atoms with Crippen molar-refractivity contribution < 1.29 is 19.1 Å². The Bertz CT molecular complexity index is 679. The molecule has 0 unspecified atom stereocenters. The van der Waals surface area contributed by atoms with E-state index in [0.717, 1.165) is 16.7 Å². The first-order chi connectivity index (χ1) is 11.5. The Morgan fingerprint density at radius 1 is 1.21 bits per heavy atom. The van der Waals surface area contributed by atoms with Crippen molar-refractivity contribution in [2.24, 2.45) is 0 Å². The summed E-state index contributed by atoms with van der Waals surface area (Å²) in [6.07, 6.45) is 0. The summed E-state index contributed by atoms with van der Waals surface area (Å²) in [6, 6.07) is 7.44. The van der Waals surface area contributed by atoms with Crippen molar-refractivity contribution >= 4 is 22.7 Å². The van der Waals surface area contributed by atoms with Crippen LogP contribution in [0.25, 0.3) is 10.9 Å². The van der Waals surface area contributed by atoms with Crippen LogP contribution in [0.5, 0.6) is 5.75 Å². The lowest BCUT2D eigenvalue weighted by Crippen LogP contribution is -2.30. The van der Waals surface area contributed by atoms with E-state index in [1.165, 1.54) is 14.0 Å². The van der Waals surface area contributed by atoms with Crippen molar-refractivity contribution in [2.75, 3.05) is 33.9 Å². The SMILES string of the molecule is CC.COC(=O)CN(C)CCOc1ccc2[nH]c(C(C)=O)cc2c1. The fourth-order valence-corrected chi connectivity index (χ4v) is 2.07. The summed E-state index contributed by atoms with van der Waals surface area (Å²) in [5.74, 6) is 0.462. The zero-order valence-corrected chi connectivity index (χ0v) is 15.0. The largest absolute Gasteiger partial charge is 0.492 e. The third-order valence-corrected chi connectivity index (χ3v) is 3.34. The molecule has 6 nitrogen and oxygen atoms in total. The Hall–Kier alpha value is -2.34. The van der Waals surface area contributed by atoms with Crippen molar-refractivity contribution in [1.29, 1.82) is 0 Å². The maximum Gasteiger partial charge on any atom is 0.319 e. The molecular weight excluding hydrogens is 308 g/mol. The molecule has 0 atom stereocenters. The molecule has 2 aromatic rings. The van der Waals surface area contributed by atoms with Crippen molar-refractivity contribution in [3.63, 3.8) is 0 Å². The highest BCUT2D eigenvalue weighted by Crippen LogP contribution is 2.21. The van der Waals surface area contributed by atoms with Gasteiger partial charge in [0, 0.05) is 24.4 Å². The number of methoxy groups -OCH3 is 1. The Kier molecular flexibility index (Phi) is 7.98. The Labute approximate surface area is 142 Å². The molecule has 0 bridgehead atoms. The molecule has 2 rings (SSSR count). The number of hydrogen-bond donors (Lipinski definition) is 1. The number of esters is 1. The molecule has 24 heavy (non-hydrogen) atoms. The number of nitrogens with one attached hydrogen (secondary N) is 1. The predicted molar refractivity (Wildman–Crippen MR) is 94.7 cm³/mol. The topological polar surface area (TPSA) is 71.6 Å². The van der Waals surface area contributed by atoms with Crippen LogP contribution in [0.3, 0.4) is 0 Å². The molecule has 1 heterocycles. The zero-order chi connectivity index (χ0) is 18.1. The number of aromatic amines is 1. The summed E-state index contributed by atoms with van der Waals surface area (Å²) in [4.78, 5) is 27.4. The van der Waals surface area contributed by atoms with Crippen molar-refractivity contribution in [3.05, 3.63) is 30.0 Å². The number of H-pyrrole nitrogens is 1. The summed E-state index contributed by atoms with van der Waals surface area (Å²) < 4.78 is 10.3. The molecule has 0 aliphatic heterocycles. The normalized spacial score (nSPS) is 10.2. The molecule has 0 spiro atoms. The second kappa shape index (κ2) is 9.72. The van der Waals surface area contributed by atoms with E-state index in [0.29, 0.717) is 18.8 Å². The highest BCUT2D eigenvalue weighted by Gasteiger charge is 2.08. The predicted octanol–water partition coefficient (Wildman–Crippen LogP) is 2.88. The van der Waals surface area contributed by atoms with Gasteiger partial charge in [-0.25, -0.2) is 0 Å². The number of benzene rings is 1. The highest BCUT2D eigenvalue weighted by atomic mass is 16.5. The number of hydrogen-bond acceptors (Lipinski definition) is 5. The third kappa shape index (κ3) is 5.70.